The standard InChI is InChI=1S/C14H30N2/c1-5-6-11(2)9-16-10-12(3)7-13(4)14(16)8-15/h11-14H,5-10,15H2,1-4H3. The van der Waals surface area contributed by atoms with Crippen LogP contribution in [0.3, 0.4) is 0 Å². The van der Waals surface area contributed by atoms with E-state index in [0.29, 0.717) is 6.04 Å². The lowest BCUT2D eigenvalue weighted by Gasteiger charge is -2.43. The monoisotopic (exact) mass is 226 g/mol. The van der Waals surface area contributed by atoms with Crippen LogP contribution in [0.1, 0.15) is 47.0 Å². The smallest absolute Gasteiger partial charge is 0.0244 e. The Bertz CT molecular complexity index is 193. The maximum absolute atomic E-state index is 5.94. The van der Waals surface area contributed by atoms with Gasteiger partial charge in [0, 0.05) is 25.7 Å². The first-order valence-electron chi connectivity index (χ1n) is 7.02. The Labute approximate surface area is 102 Å². The van der Waals surface area contributed by atoms with Gasteiger partial charge in [0.05, 0.1) is 0 Å². The second-order valence-corrected chi connectivity index (χ2v) is 5.97. The molecule has 2 heteroatoms. The zero-order chi connectivity index (χ0) is 12.1. The first-order valence-corrected chi connectivity index (χ1v) is 7.02. The average molecular weight is 226 g/mol. The Hall–Kier alpha value is -0.0800. The van der Waals surface area contributed by atoms with Crippen molar-refractivity contribution in [3.63, 3.8) is 0 Å². The molecule has 16 heavy (non-hydrogen) atoms. The van der Waals surface area contributed by atoms with E-state index in [1.807, 2.05) is 0 Å². The largest absolute Gasteiger partial charge is 0.329 e. The SMILES string of the molecule is CCCC(C)CN1CC(C)CC(C)C1CN. The Balaban J connectivity index is 2.53. The van der Waals surface area contributed by atoms with Crippen molar-refractivity contribution in [1.82, 2.24) is 4.90 Å². The molecule has 1 aliphatic heterocycles. The molecule has 0 saturated carbocycles. The average Bonchev–Trinajstić information content (AvgIpc) is 2.17. The van der Waals surface area contributed by atoms with E-state index in [2.05, 4.69) is 32.6 Å². The first-order chi connectivity index (χ1) is 7.58. The fraction of sp³-hybridized carbons (Fsp3) is 1.00. The number of nitrogens with zero attached hydrogens (tertiary/aromatic N) is 1. The topological polar surface area (TPSA) is 29.3 Å². The third kappa shape index (κ3) is 3.74. The van der Waals surface area contributed by atoms with Crippen LogP contribution in [0.5, 0.6) is 0 Å². The second kappa shape index (κ2) is 6.61. The summed E-state index contributed by atoms with van der Waals surface area (Å²) in [6, 6.07) is 0.621. The molecule has 1 fully saturated rings. The van der Waals surface area contributed by atoms with Gasteiger partial charge < -0.3 is 5.73 Å². The van der Waals surface area contributed by atoms with E-state index < -0.39 is 0 Å². The molecule has 0 spiro atoms. The summed E-state index contributed by atoms with van der Waals surface area (Å²) in [6.45, 7) is 12.7. The van der Waals surface area contributed by atoms with Crippen molar-refractivity contribution in [3.8, 4) is 0 Å². The van der Waals surface area contributed by atoms with E-state index in [1.54, 1.807) is 0 Å². The summed E-state index contributed by atoms with van der Waals surface area (Å²) >= 11 is 0. The van der Waals surface area contributed by atoms with E-state index in [0.717, 1.165) is 24.3 Å². The molecule has 0 radical (unpaired) electrons. The molecular formula is C14H30N2. The number of hydrogen-bond acceptors (Lipinski definition) is 2. The van der Waals surface area contributed by atoms with E-state index >= 15 is 0 Å². The van der Waals surface area contributed by atoms with Crippen LogP contribution in [0, 0.1) is 17.8 Å². The molecule has 1 aliphatic rings. The molecule has 1 rings (SSSR count). The molecule has 0 aromatic carbocycles. The van der Waals surface area contributed by atoms with Crippen LogP contribution in [0.25, 0.3) is 0 Å². The summed E-state index contributed by atoms with van der Waals surface area (Å²) in [7, 11) is 0. The fourth-order valence-electron chi connectivity index (χ4n) is 3.34. The lowest BCUT2D eigenvalue weighted by atomic mass is 9.84. The Kier molecular flexibility index (Phi) is 5.77. The van der Waals surface area contributed by atoms with Crippen LogP contribution >= 0.6 is 0 Å². The molecule has 2 nitrogen and oxygen atoms in total. The summed E-state index contributed by atoms with van der Waals surface area (Å²) in [4.78, 5) is 2.65. The lowest BCUT2D eigenvalue weighted by molar-refractivity contribution is 0.0600. The van der Waals surface area contributed by atoms with Crippen LogP contribution in [-0.4, -0.2) is 30.6 Å². The molecule has 2 N–H and O–H groups in total. The number of hydrogen-bond donors (Lipinski definition) is 1. The summed E-state index contributed by atoms with van der Waals surface area (Å²) in [6.07, 6.45) is 3.99. The third-order valence-corrected chi connectivity index (χ3v) is 4.02. The number of rotatable bonds is 5. The zero-order valence-electron chi connectivity index (χ0n) is 11.6. The Morgan fingerprint density at radius 3 is 2.62 bits per heavy atom. The molecule has 0 aromatic heterocycles. The van der Waals surface area contributed by atoms with Crippen molar-refractivity contribution in [2.75, 3.05) is 19.6 Å². The van der Waals surface area contributed by atoms with Gasteiger partial charge >= 0.3 is 0 Å². The minimum atomic E-state index is 0.621. The van der Waals surface area contributed by atoms with Gasteiger partial charge in [0.1, 0.15) is 0 Å². The van der Waals surface area contributed by atoms with Gasteiger partial charge in [-0.3, -0.25) is 4.90 Å². The van der Waals surface area contributed by atoms with Crippen LogP contribution in [0.4, 0.5) is 0 Å². The lowest BCUT2D eigenvalue weighted by Crippen LogP contribution is -2.52. The van der Waals surface area contributed by atoms with Crippen LogP contribution in [0.15, 0.2) is 0 Å². The highest BCUT2D eigenvalue weighted by Gasteiger charge is 2.31. The highest BCUT2D eigenvalue weighted by Crippen LogP contribution is 2.27. The maximum atomic E-state index is 5.94. The highest BCUT2D eigenvalue weighted by molar-refractivity contribution is 4.86. The molecule has 96 valence electrons. The molecule has 1 heterocycles. The van der Waals surface area contributed by atoms with E-state index in [9.17, 15) is 0 Å². The molecule has 0 bridgehead atoms. The van der Waals surface area contributed by atoms with Gasteiger partial charge in [0.2, 0.25) is 0 Å². The van der Waals surface area contributed by atoms with Crippen LogP contribution in [-0.2, 0) is 0 Å². The van der Waals surface area contributed by atoms with Crippen molar-refractivity contribution in [2.24, 2.45) is 23.5 Å². The second-order valence-electron chi connectivity index (χ2n) is 5.97. The first kappa shape index (κ1) is 14.0. The maximum Gasteiger partial charge on any atom is 0.0244 e. The molecule has 0 amide bonds. The molecule has 1 saturated heterocycles. The summed E-state index contributed by atoms with van der Waals surface area (Å²) in [5.74, 6) is 2.42. The minimum absolute atomic E-state index is 0.621. The van der Waals surface area contributed by atoms with Crippen molar-refractivity contribution < 1.29 is 0 Å². The highest BCUT2D eigenvalue weighted by atomic mass is 15.2. The van der Waals surface area contributed by atoms with Crippen molar-refractivity contribution in [1.29, 1.82) is 0 Å². The minimum Gasteiger partial charge on any atom is -0.329 e. The molecule has 0 aromatic rings. The van der Waals surface area contributed by atoms with Crippen molar-refractivity contribution in [3.05, 3.63) is 0 Å². The summed E-state index contributed by atoms with van der Waals surface area (Å²) in [5, 5.41) is 0. The van der Waals surface area contributed by atoms with Gasteiger partial charge in [0.25, 0.3) is 0 Å². The van der Waals surface area contributed by atoms with Crippen molar-refractivity contribution in [2.45, 2.75) is 53.0 Å². The van der Waals surface area contributed by atoms with Crippen LogP contribution < -0.4 is 5.73 Å². The zero-order valence-corrected chi connectivity index (χ0v) is 11.6. The Morgan fingerprint density at radius 1 is 1.38 bits per heavy atom. The molecular weight excluding hydrogens is 196 g/mol. The molecule has 4 atom stereocenters. The molecule has 4 unspecified atom stereocenters. The van der Waals surface area contributed by atoms with Gasteiger partial charge in [-0.05, 0) is 30.6 Å². The number of nitrogens with two attached hydrogens (primary N) is 1. The number of piperidine rings is 1. The van der Waals surface area contributed by atoms with E-state index in [1.165, 1.54) is 32.4 Å². The van der Waals surface area contributed by atoms with E-state index in [-0.39, 0.29) is 0 Å². The third-order valence-electron chi connectivity index (χ3n) is 4.02. The van der Waals surface area contributed by atoms with Gasteiger partial charge in [-0.2, -0.15) is 0 Å². The molecule has 0 aliphatic carbocycles. The van der Waals surface area contributed by atoms with Crippen LogP contribution in [0.2, 0.25) is 0 Å². The van der Waals surface area contributed by atoms with Gasteiger partial charge in [-0.1, -0.05) is 34.1 Å². The van der Waals surface area contributed by atoms with E-state index in [4.69, 9.17) is 5.73 Å². The predicted octanol–water partition coefficient (Wildman–Crippen LogP) is 2.73. The predicted molar refractivity (Wildman–Crippen MR) is 71.4 cm³/mol. The van der Waals surface area contributed by atoms with Gasteiger partial charge in [-0.25, -0.2) is 0 Å². The van der Waals surface area contributed by atoms with Gasteiger partial charge in [0.15, 0.2) is 0 Å². The summed E-state index contributed by atoms with van der Waals surface area (Å²) < 4.78 is 0. The fourth-order valence-corrected chi connectivity index (χ4v) is 3.34. The Morgan fingerprint density at radius 2 is 2.06 bits per heavy atom. The number of likely N-dealkylation sites (tertiary alicyclic amines) is 1. The normalized spacial score (nSPS) is 33.9. The quantitative estimate of drug-likeness (QED) is 0.781. The summed E-state index contributed by atoms with van der Waals surface area (Å²) in [5.41, 5.74) is 5.94. The van der Waals surface area contributed by atoms with Crippen molar-refractivity contribution >= 4 is 0 Å². The van der Waals surface area contributed by atoms with Gasteiger partial charge in [-0.15, -0.1) is 0 Å².